The van der Waals surface area contributed by atoms with Crippen molar-refractivity contribution in [3.8, 4) is 0 Å². The van der Waals surface area contributed by atoms with E-state index >= 15 is 0 Å². The van der Waals surface area contributed by atoms with E-state index in [0.29, 0.717) is 20.6 Å². The van der Waals surface area contributed by atoms with E-state index in [-0.39, 0.29) is 25.3 Å². The van der Waals surface area contributed by atoms with E-state index in [9.17, 15) is 9.59 Å². The third kappa shape index (κ3) is 4.01. The molecule has 2 aromatic heterocycles. The molecule has 0 aliphatic rings. The van der Waals surface area contributed by atoms with Crippen LogP contribution in [0.25, 0.3) is 10.2 Å². The van der Waals surface area contributed by atoms with Crippen molar-refractivity contribution in [3.63, 3.8) is 0 Å². The van der Waals surface area contributed by atoms with Crippen molar-refractivity contribution in [1.29, 1.82) is 0 Å². The van der Waals surface area contributed by atoms with Gasteiger partial charge in [0.05, 0.1) is 27.7 Å². The summed E-state index contributed by atoms with van der Waals surface area (Å²) in [5.74, 6) is -1.25. The van der Waals surface area contributed by atoms with Gasteiger partial charge in [-0.2, -0.15) is 0 Å². The van der Waals surface area contributed by atoms with E-state index in [1.807, 2.05) is 24.4 Å². The SMILES string of the molecule is Cc1ccsc1N(Cc1nc2c(Cl)c(Cl)ccc2s1)C(=O)CCC(=O)O. The largest absolute Gasteiger partial charge is 0.481 e. The number of carbonyl (C=O) groups excluding carboxylic acids is 1. The number of nitrogens with zero attached hydrogens (tertiary/aromatic N) is 2. The molecular weight excluding hydrogens is 415 g/mol. The Kier molecular flexibility index (Phi) is 5.82. The fraction of sp³-hybridized carbons (Fsp3) is 0.235. The number of carboxylic acid groups (broad SMARTS) is 1. The van der Waals surface area contributed by atoms with Gasteiger partial charge in [-0.3, -0.25) is 14.5 Å². The summed E-state index contributed by atoms with van der Waals surface area (Å²) in [6, 6.07) is 5.48. The molecule has 9 heteroatoms. The predicted molar refractivity (Wildman–Crippen MR) is 107 cm³/mol. The number of amides is 1. The number of aliphatic carboxylic acids is 1. The predicted octanol–water partition coefficient (Wildman–Crippen LogP) is 5.37. The van der Waals surface area contributed by atoms with Crippen LogP contribution >= 0.6 is 45.9 Å². The summed E-state index contributed by atoms with van der Waals surface area (Å²) in [4.78, 5) is 29.6. The van der Waals surface area contributed by atoms with Crippen LogP contribution in [0.2, 0.25) is 10.0 Å². The molecule has 0 radical (unpaired) electrons. The fourth-order valence-electron chi connectivity index (χ4n) is 2.45. The molecule has 3 rings (SSSR count). The number of hydrogen-bond donors (Lipinski definition) is 1. The number of carboxylic acids is 1. The van der Waals surface area contributed by atoms with Gasteiger partial charge in [-0.25, -0.2) is 4.98 Å². The Morgan fingerprint density at radius 2 is 2.00 bits per heavy atom. The first-order valence-electron chi connectivity index (χ1n) is 7.66. The summed E-state index contributed by atoms with van der Waals surface area (Å²) >= 11 is 15.1. The zero-order valence-electron chi connectivity index (χ0n) is 13.7. The minimum absolute atomic E-state index is 0.0653. The monoisotopic (exact) mass is 428 g/mol. The maximum atomic E-state index is 12.6. The first-order valence-corrected chi connectivity index (χ1v) is 10.1. The highest BCUT2D eigenvalue weighted by Gasteiger charge is 2.22. The van der Waals surface area contributed by atoms with Crippen LogP contribution in [0, 0.1) is 6.92 Å². The van der Waals surface area contributed by atoms with Gasteiger partial charge in [0.1, 0.15) is 15.5 Å². The summed E-state index contributed by atoms with van der Waals surface area (Å²) in [7, 11) is 0. The van der Waals surface area contributed by atoms with Crippen molar-refractivity contribution >= 4 is 73.0 Å². The number of benzene rings is 1. The lowest BCUT2D eigenvalue weighted by Crippen LogP contribution is -2.30. The molecule has 0 fully saturated rings. The van der Waals surface area contributed by atoms with Gasteiger partial charge >= 0.3 is 5.97 Å². The average molecular weight is 429 g/mol. The Morgan fingerprint density at radius 3 is 2.65 bits per heavy atom. The van der Waals surface area contributed by atoms with E-state index in [1.165, 1.54) is 22.7 Å². The Hall–Kier alpha value is -1.67. The summed E-state index contributed by atoms with van der Waals surface area (Å²) in [6.07, 6.45) is -0.273. The van der Waals surface area contributed by atoms with E-state index in [4.69, 9.17) is 28.3 Å². The number of aromatic nitrogens is 1. The summed E-state index contributed by atoms with van der Waals surface area (Å²) < 4.78 is 0.884. The molecule has 0 atom stereocenters. The van der Waals surface area contributed by atoms with Crippen LogP contribution in [0.5, 0.6) is 0 Å². The number of rotatable bonds is 6. The molecule has 2 heterocycles. The third-order valence-electron chi connectivity index (χ3n) is 3.72. The fourth-order valence-corrected chi connectivity index (χ4v) is 4.78. The van der Waals surface area contributed by atoms with Gasteiger partial charge in [0.15, 0.2) is 0 Å². The summed E-state index contributed by atoms with van der Waals surface area (Å²) in [5.41, 5.74) is 1.57. The van der Waals surface area contributed by atoms with Crippen molar-refractivity contribution in [3.05, 3.63) is 44.2 Å². The first kappa shape index (κ1) is 19.1. The van der Waals surface area contributed by atoms with Gasteiger partial charge in [0, 0.05) is 6.42 Å². The van der Waals surface area contributed by atoms with Crippen LogP contribution < -0.4 is 4.90 Å². The van der Waals surface area contributed by atoms with Crippen LogP contribution in [0.1, 0.15) is 23.4 Å². The Morgan fingerprint density at radius 1 is 1.23 bits per heavy atom. The molecule has 3 aromatic rings. The lowest BCUT2D eigenvalue weighted by Gasteiger charge is -2.21. The zero-order valence-corrected chi connectivity index (χ0v) is 16.8. The van der Waals surface area contributed by atoms with E-state index in [2.05, 4.69) is 4.98 Å². The van der Waals surface area contributed by atoms with Gasteiger partial charge in [0.25, 0.3) is 0 Å². The molecule has 26 heavy (non-hydrogen) atoms. The second-order valence-electron chi connectivity index (χ2n) is 5.60. The number of anilines is 1. The van der Waals surface area contributed by atoms with Gasteiger partial charge in [-0.15, -0.1) is 22.7 Å². The number of hydrogen-bond acceptors (Lipinski definition) is 5. The number of aryl methyl sites for hydroxylation is 1. The smallest absolute Gasteiger partial charge is 0.303 e. The number of carbonyl (C=O) groups is 2. The van der Waals surface area contributed by atoms with Gasteiger partial charge in [-0.1, -0.05) is 23.2 Å². The lowest BCUT2D eigenvalue weighted by molar-refractivity contribution is -0.138. The summed E-state index contributed by atoms with van der Waals surface area (Å²) in [6.45, 7) is 2.17. The van der Waals surface area contributed by atoms with Crippen LogP contribution in [-0.4, -0.2) is 22.0 Å². The normalized spacial score (nSPS) is 11.0. The lowest BCUT2D eigenvalue weighted by atomic mass is 10.2. The molecule has 0 aliphatic carbocycles. The molecule has 0 saturated carbocycles. The van der Waals surface area contributed by atoms with Crippen LogP contribution in [0.15, 0.2) is 23.6 Å². The number of halogens is 2. The molecule has 0 spiro atoms. The van der Waals surface area contributed by atoms with Crippen molar-refractivity contribution in [1.82, 2.24) is 4.98 Å². The third-order valence-corrected chi connectivity index (χ3v) is 6.56. The highest BCUT2D eigenvalue weighted by atomic mass is 35.5. The Labute approximate surface area is 167 Å². The number of fused-ring (bicyclic) bond motifs is 1. The van der Waals surface area contributed by atoms with Crippen LogP contribution in [0.4, 0.5) is 5.00 Å². The van der Waals surface area contributed by atoms with Crippen molar-refractivity contribution in [2.75, 3.05) is 4.90 Å². The molecule has 1 N–H and O–H groups in total. The molecule has 136 valence electrons. The molecule has 0 saturated heterocycles. The highest BCUT2D eigenvalue weighted by Crippen LogP contribution is 2.35. The Balaban J connectivity index is 1.93. The number of thiazole rings is 1. The topological polar surface area (TPSA) is 70.5 Å². The van der Waals surface area contributed by atoms with Gasteiger partial charge < -0.3 is 5.11 Å². The molecule has 0 aliphatic heterocycles. The minimum atomic E-state index is -0.998. The van der Waals surface area contributed by atoms with Gasteiger partial charge in [0.2, 0.25) is 5.91 Å². The van der Waals surface area contributed by atoms with Crippen molar-refractivity contribution in [2.24, 2.45) is 0 Å². The molecule has 1 aromatic carbocycles. The first-order chi connectivity index (χ1) is 12.4. The summed E-state index contributed by atoms with van der Waals surface area (Å²) in [5, 5.41) is 13.1. The molecule has 1 amide bonds. The number of thiophene rings is 1. The quantitative estimate of drug-likeness (QED) is 0.572. The average Bonchev–Trinajstić information content (AvgIpc) is 3.20. The van der Waals surface area contributed by atoms with E-state index in [0.717, 1.165) is 15.3 Å². The second-order valence-corrected chi connectivity index (χ2v) is 8.39. The van der Waals surface area contributed by atoms with E-state index in [1.54, 1.807) is 11.0 Å². The Bertz CT molecular complexity index is 984. The second kappa shape index (κ2) is 7.92. The highest BCUT2D eigenvalue weighted by molar-refractivity contribution is 7.18. The minimum Gasteiger partial charge on any atom is -0.481 e. The molecule has 5 nitrogen and oxygen atoms in total. The van der Waals surface area contributed by atoms with Crippen LogP contribution in [0.3, 0.4) is 0 Å². The standard InChI is InChI=1S/C17H14Cl2N2O3S2/c1-9-6-7-25-17(9)21(13(22)4-5-14(23)24)8-12-20-16-11(26-12)3-2-10(18)15(16)19/h2-3,6-7H,4-5,8H2,1H3,(H,23,24). The maximum absolute atomic E-state index is 12.6. The van der Waals surface area contributed by atoms with Gasteiger partial charge in [-0.05, 0) is 36.1 Å². The molecule has 0 bridgehead atoms. The van der Waals surface area contributed by atoms with Crippen molar-refractivity contribution in [2.45, 2.75) is 26.3 Å². The van der Waals surface area contributed by atoms with Crippen LogP contribution in [-0.2, 0) is 16.1 Å². The maximum Gasteiger partial charge on any atom is 0.303 e. The van der Waals surface area contributed by atoms with E-state index < -0.39 is 5.97 Å². The molecule has 0 unspecified atom stereocenters. The molecular formula is C17H14Cl2N2O3S2. The van der Waals surface area contributed by atoms with Crippen molar-refractivity contribution < 1.29 is 14.7 Å². The zero-order chi connectivity index (χ0) is 18.8.